The summed E-state index contributed by atoms with van der Waals surface area (Å²) in [4.78, 5) is 40.3. The first-order chi connectivity index (χ1) is 14.3. The van der Waals surface area contributed by atoms with Crippen LogP contribution in [0.1, 0.15) is 41.6 Å². The summed E-state index contributed by atoms with van der Waals surface area (Å²) in [5, 5.41) is 5.56. The smallest absolute Gasteiger partial charge is 0.341 e. The van der Waals surface area contributed by atoms with E-state index in [2.05, 4.69) is 15.5 Å². The quantitative estimate of drug-likeness (QED) is 0.506. The number of nitrogens with zero attached hydrogens (tertiary/aromatic N) is 1. The van der Waals surface area contributed by atoms with E-state index in [1.165, 1.54) is 11.3 Å². The van der Waals surface area contributed by atoms with Crippen LogP contribution in [0.5, 0.6) is 0 Å². The Balaban J connectivity index is 1.65. The molecule has 0 radical (unpaired) electrons. The molecule has 1 fully saturated rings. The average molecular weight is 440 g/mol. The van der Waals surface area contributed by atoms with Crippen LogP contribution in [0.2, 0.25) is 0 Å². The number of thiophene rings is 1. The fourth-order valence-electron chi connectivity index (χ4n) is 3.45. The Morgan fingerprint density at radius 3 is 2.63 bits per heavy atom. The number of morpholine rings is 1. The van der Waals surface area contributed by atoms with Gasteiger partial charge in [0, 0.05) is 37.5 Å². The first-order valence-electron chi connectivity index (χ1n) is 10.2. The zero-order valence-corrected chi connectivity index (χ0v) is 18.5. The lowest BCUT2D eigenvalue weighted by Crippen LogP contribution is -2.43. The van der Waals surface area contributed by atoms with Crippen molar-refractivity contribution in [2.24, 2.45) is 0 Å². The predicted octanol–water partition coefficient (Wildman–Crippen LogP) is 1.16. The Morgan fingerprint density at radius 2 is 1.93 bits per heavy atom. The monoisotopic (exact) mass is 439 g/mol. The SMILES string of the molecule is CCOC(=O)c1c(NC(=O)C(=O)NCCN2CCOCC2)sc2c1CC(C)(C)OC2. The molecule has 2 aliphatic heterocycles. The summed E-state index contributed by atoms with van der Waals surface area (Å²) < 4.78 is 16.3. The molecule has 0 spiro atoms. The van der Waals surface area contributed by atoms with Gasteiger partial charge in [-0.2, -0.15) is 0 Å². The molecule has 3 heterocycles. The third-order valence-corrected chi connectivity index (χ3v) is 6.14. The predicted molar refractivity (Wildman–Crippen MR) is 112 cm³/mol. The minimum atomic E-state index is -0.804. The van der Waals surface area contributed by atoms with Gasteiger partial charge in [0.15, 0.2) is 0 Å². The highest BCUT2D eigenvalue weighted by Gasteiger charge is 2.34. The van der Waals surface area contributed by atoms with Crippen LogP contribution in [0.3, 0.4) is 0 Å². The summed E-state index contributed by atoms with van der Waals surface area (Å²) in [6.45, 7) is 10.2. The Labute approximate surface area is 180 Å². The van der Waals surface area contributed by atoms with E-state index in [0.717, 1.165) is 23.5 Å². The van der Waals surface area contributed by atoms with Crippen LogP contribution < -0.4 is 10.6 Å². The van der Waals surface area contributed by atoms with E-state index in [-0.39, 0.29) is 6.61 Å². The maximum absolute atomic E-state index is 12.6. The molecule has 1 aromatic rings. The van der Waals surface area contributed by atoms with Crippen molar-refractivity contribution in [2.75, 3.05) is 51.3 Å². The number of fused-ring (bicyclic) bond motifs is 1. The number of carbonyl (C=O) groups excluding carboxylic acids is 3. The zero-order chi connectivity index (χ0) is 21.7. The minimum absolute atomic E-state index is 0.221. The van der Waals surface area contributed by atoms with Gasteiger partial charge in [0.2, 0.25) is 0 Å². The van der Waals surface area contributed by atoms with Gasteiger partial charge < -0.3 is 24.8 Å². The highest BCUT2D eigenvalue weighted by atomic mass is 32.1. The Bertz CT molecular complexity index is 801. The normalized spacial score (nSPS) is 18.4. The van der Waals surface area contributed by atoms with Crippen molar-refractivity contribution in [1.29, 1.82) is 0 Å². The van der Waals surface area contributed by atoms with Crippen LogP contribution in [0.25, 0.3) is 0 Å². The summed E-state index contributed by atoms with van der Waals surface area (Å²) >= 11 is 1.25. The van der Waals surface area contributed by atoms with Gasteiger partial charge in [-0.05, 0) is 26.3 Å². The maximum atomic E-state index is 12.6. The minimum Gasteiger partial charge on any atom is -0.462 e. The maximum Gasteiger partial charge on any atom is 0.341 e. The van der Waals surface area contributed by atoms with Gasteiger partial charge in [0.05, 0.1) is 37.6 Å². The summed E-state index contributed by atoms with van der Waals surface area (Å²) in [5.41, 5.74) is 0.716. The van der Waals surface area contributed by atoms with Crippen molar-refractivity contribution in [2.45, 2.75) is 39.4 Å². The summed E-state index contributed by atoms with van der Waals surface area (Å²) in [7, 11) is 0. The molecule has 0 aromatic carbocycles. The van der Waals surface area contributed by atoms with Crippen LogP contribution in [0.4, 0.5) is 5.00 Å². The van der Waals surface area contributed by atoms with E-state index < -0.39 is 23.4 Å². The molecule has 2 amide bonds. The standard InChI is InChI=1S/C20H29N3O6S/c1-4-28-19(26)15-13-11-20(2,3)29-12-14(13)30-18(15)22-17(25)16(24)21-5-6-23-7-9-27-10-8-23/h4-12H2,1-3H3,(H,21,24)(H,22,25). The number of ether oxygens (including phenoxy) is 3. The van der Waals surface area contributed by atoms with E-state index in [1.54, 1.807) is 6.92 Å². The van der Waals surface area contributed by atoms with Gasteiger partial charge in [-0.1, -0.05) is 0 Å². The second-order valence-corrected chi connectivity index (χ2v) is 8.92. The van der Waals surface area contributed by atoms with Crippen molar-refractivity contribution >= 4 is 34.1 Å². The molecule has 30 heavy (non-hydrogen) atoms. The molecule has 1 aromatic heterocycles. The van der Waals surface area contributed by atoms with Crippen molar-refractivity contribution in [3.8, 4) is 0 Å². The number of amides is 2. The van der Waals surface area contributed by atoms with Crippen LogP contribution >= 0.6 is 11.3 Å². The molecule has 3 rings (SSSR count). The number of esters is 1. The Hall–Kier alpha value is -2.01. The second kappa shape index (κ2) is 9.86. The summed E-state index contributed by atoms with van der Waals surface area (Å²) in [6.07, 6.45) is 0.522. The Morgan fingerprint density at radius 1 is 1.20 bits per heavy atom. The fraction of sp³-hybridized carbons (Fsp3) is 0.650. The van der Waals surface area contributed by atoms with Crippen LogP contribution in [-0.2, 0) is 36.8 Å². The van der Waals surface area contributed by atoms with Gasteiger partial charge in [0.25, 0.3) is 0 Å². The molecule has 166 valence electrons. The average Bonchev–Trinajstić information content (AvgIpc) is 3.04. The highest BCUT2D eigenvalue weighted by Crippen LogP contribution is 2.40. The van der Waals surface area contributed by atoms with Crippen LogP contribution in [0.15, 0.2) is 0 Å². The third-order valence-electron chi connectivity index (χ3n) is 5.02. The van der Waals surface area contributed by atoms with Gasteiger partial charge in [-0.3, -0.25) is 14.5 Å². The number of rotatable bonds is 6. The first kappa shape index (κ1) is 22.7. The number of hydrogen-bond acceptors (Lipinski definition) is 8. The fourth-order valence-corrected chi connectivity index (χ4v) is 4.57. The number of nitrogens with one attached hydrogen (secondary N) is 2. The molecule has 2 N–H and O–H groups in total. The van der Waals surface area contributed by atoms with Crippen molar-refractivity contribution in [3.63, 3.8) is 0 Å². The molecule has 0 bridgehead atoms. The molecule has 0 saturated carbocycles. The van der Waals surface area contributed by atoms with E-state index >= 15 is 0 Å². The molecule has 2 aliphatic rings. The van der Waals surface area contributed by atoms with E-state index in [1.807, 2.05) is 13.8 Å². The summed E-state index contributed by atoms with van der Waals surface area (Å²) in [5.74, 6) is -2.04. The molecule has 0 atom stereocenters. The lowest BCUT2D eigenvalue weighted by Gasteiger charge is -2.30. The zero-order valence-electron chi connectivity index (χ0n) is 17.7. The van der Waals surface area contributed by atoms with E-state index in [0.29, 0.717) is 49.9 Å². The van der Waals surface area contributed by atoms with Gasteiger partial charge in [-0.15, -0.1) is 11.3 Å². The molecule has 9 nitrogen and oxygen atoms in total. The highest BCUT2D eigenvalue weighted by molar-refractivity contribution is 7.17. The molecule has 0 aliphatic carbocycles. The lowest BCUT2D eigenvalue weighted by molar-refractivity contribution is -0.136. The van der Waals surface area contributed by atoms with Crippen molar-refractivity contribution in [3.05, 3.63) is 16.0 Å². The number of carbonyl (C=O) groups is 3. The molecule has 10 heteroatoms. The first-order valence-corrected chi connectivity index (χ1v) is 11.0. The van der Waals surface area contributed by atoms with Gasteiger partial charge >= 0.3 is 17.8 Å². The van der Waals surface area contributed by atoms with E-state index in [9.17, 15) is 14.4 Å². The van der Waals surface area contributed by atoms with Gasteiger partial charge in [-0.25, -0.2) is 4.79 Å². The largest absolute Gasteiger partial charge is 0.462 e. The van der Waals surface area contributed by atoms with E-state index in [4.69, 9.17) is 14.2 Å². The van der Waals surface area contributed by atoms with Crippen LogP contribution in [-0.4, -0.2) is 74.3 Å². The number of anilines is 1. The molecule has 0 unspecified atom stereocenters. The van der Waals surface area contributed by atoms with Crippen LogP contribution in [0, 0.1) is 0 Å². The molecular formula is C20H29N3O6S. The van der Waals surface area contributed by atoms with Crippen molar-refractivity contribution in [1.82, 2.24) is 10.2 Å². The Kier molecular flexibility index (Phi) is 7.45. The lowest BCUT2D eigenvalue weighted by atomic mass is 9.93. The van der Waals surface area contributed by atoms with Crippen molar-refractivity contribution < 1.29 is 28.6 Å². The third kappa shape index (κ3) is 5.57. The summed E-state index contributed by atoms with van der Waals surface area (Å²) in [6, 6.07) is 0. The topological polar surface area (TPSA) is 106 Å². The molecule has 1 saturated heterocycles. The number of hydrogen-bond donors (Lipinski definition) is 2. The molecular weight excluding hydrogens is 410 g/mol. The second-order valence-electron chi connectivity index (χ2n) is 7.82. The van der Waals surface area contributed by atoms with Gasteiger partial charge in [0.1, 0.15) is 5.00 Å².